The summed E-state index contributed by atoms with van der Waals surface area (Å²) in [6.07, 6.45) is 0.856. The van der Waals surface area contributed by atoms with E-state index in [0.717, 1.165) is 13.0 Å². The molecule has 3 rings (SSSR count). The van der Waals surface area contributed by atoms with Crippen molar-refractivity contribution in [1.29, 1.82) is 0 Å². The van der Waals surface area contributed by atoms with Crippen LogP contribution < -0.4 is 10.6 Å². The van der Waals surface area contributed by atoms with E-state index in [1.807, 2.05) is 24.3 Å². The van der Waals surface area contributed by atoms with Crippen LogP contribution in [0.4, 0.5) is 5.69 Å². The van der Waals surface area contributed by atoms with Crippen LogP contribution >= 0.6 is 0 Å². The van der Waals surface area contributed by atoms with E-state index in [1.165, 1.54) is 0 Å². The molecular weight excluding hydrogens is 276 g/mol. The average Bonchev–Trinajstić information content (AvgIpc) is 3.10. The maximum atomic E-state index is 12.4. The van der Waals surface area contributed by atoms with Gasteiger partial charge in [0.25, 0.3) is 0 Å². The molecule has 0 aromatic heterocycles. The van der Waals surface area contributed by atoms with Gasteiger partial charge in [0, 0.05) is 23.4 Å². The molecule has 2 N–H and O–H groups in total. The quantitative estimate of drug-likeness (QED) is 0.852. The number of anilines is 1. The molecule has 112 valence electrons. The minimum absolute atomic E-state index is 0.00785. The lowest BCUT2D eigenvalue weighted by Gasteiger charge is -2.10. The molecule has 1 saturated heterocycles. The van der Waals surface area contributed by atoms with Crippen LogP contribution in [0.15, 0.2) is 54.6 Å². The number of carbonyl (C=O) groups is 2. The van der Waals surface area contributed by atoms with Gasteiger partial charge in [0.15, 0.2) is 5.78 Å². The van der Waals surface area contributed by atoms with E-state index in [1.54, 1.807) is 30.3 Å². The van der Waals surface area contributed by atoms with Crippen LogP contribution in [0, 0.1) is 5.92 Å². The first-order valence-corrected chi connectivity index (χ1v) is 7.45. The number of carbonyl (C=O) groups excluding carboxylic acids is 2. The first-order valence-electron chi connectivity index (χ1n) is 7.45. The number of rotatable bonds is 4. The molecule has 22 heavy (non-hydrogen) atoms. The van der Waals surface area contributed by atoms with E-state index < -0.39 is 0 Å². The van der Waals surface area contributed by atoms with Crippen molar-refractivity contribution >= 4 is 17.4 Å². The average molecular weight is 294 g/mol. The highest BCUT2D eigenvalue weighted by molar-refractivity contribution is 6.09. The molecule has 1 heterocycles. The molecule has 4 nitrogen and oxygen atoms in total. The Hall–Kier alpha value is -2.46. The Bertz CT molecular complexity index is 676. The van der Waals surface area contributed by atoms with E-state index in [0.29, 0.717) is 23.4 Å². The van der Waals surface area contributed by atoms with Crippen molar-refractivity contribution in [3.05, 3.63) is 65.7 Å². The molecule has 0 unspecified atom stereocenters. The maximum absolute atomic E-state index is 12.4. The topological polar surface area (TPSA) is 58.2 Å². The van der Waals surface area contributed by atoms with Gasteiger partial charge < -0.3 is 10.6 Å². The number of benzene rings is 2. The number of ketones is 1. The van der Waals surface area contributed by atoms with Gasteiger partial charge in [-0.2, -0.15) is 0 Å². The third-order valence-corrected chi connectivity index (χ3v) is 3.86. The molecule has 1 aliphatic rings. The summed E-state index contributed by atoms with van der Waals surface area (Å²) in [5.41, 5.74) is 1.89. The van der Waals surface area contributed by atoms with Crippen LogP contribution in [-0.2, 0) is 4.79 Å². The molecule has 4 heteroatoms. The third-order valence-electron chi connectivity index (χ3n) is 3.86. The third kappa shape index (κ3) is 3.23. The van der Waals surface area contributed by atoms with E-state index in [4.69, 9.17) is 0 Å². The molecule has 0 aliphatic carbocycles. The molecular formula is C18H18N2O2. The zero-order valence-corrected chi connectivity index (χ0v) is 12.2. The summed E-state index contributed by atoms with van der Waals surface area (Å²) in [5.74, 6) is -0.0259. The molecule has 0 spiro atoms. The second-order valence-electron chi connectivity index (χ2n) is 5.45. The Balaban J connectivity index is 1.75. The van der Waals surface area contributed by atoms with Crippen molar-refractivity contribution in [2.75, 3.05) is 18.4 Å². The summed E-state index contributed by atoms with van der Waals surface area (Å²) < 4.78 is 0. The lowest BCUT2D eigenvalue weighted by molar-refractivity contribution is -0.119. The Morgan fingerprint density at radius 3 is 2.50 bits per heavy atom. The lowest BCUT2D eigenvalue weighted by Crippen LogP contribution is -2.24. The van der Waals surface area contributed by atoms with Gasteiger partial charge >= 0.3 is 0 Å². The lowest BCUT2D eigenvalue weighted by atomic mass is 10.0. The second kappa shape index (κ2) is 6.54. The predicted molar refractivity (Wildman–Crippen MR) is 85.9 cm³/mol. The molecule has 0 radical (unpaired) electrons. The van der Waals surface area contributed by atoms with Crippen LogP contribution in [-0.4, -0.2) is 24.8 Å². The first kappa shape index (κ1) is 14.5. The van der Waals surface area contributed by atoms with Crippen molar-refractivity contribution < 1.29 is 9.59 Å². The fraction of sp³-hybridized carbons (Fsp3) is 0.222. The highest BCUT2D eigenvalue weighted by Crippen LogP contribution is 2.17. The van der Waals surface area contributed by atoms with Crippen LogP contribution in [0.3, 0.4) is 0 Å². The SMILES string of the molecule is O=C(c1ccccc1)c1cccc(NC(=O)[C@@H]2CCNC2)c1. The molecule has 1 fully saturated rings. The zero-order valence-electron chi connectivity index (χ0n) is 12.2. The first-order chi connectivity index (χ1) is 10.7. The Morgan fingerprint density at radius 1 is 1.00 bits per heavy atom. The van der Waals surface area contributed by atoms with Crippen molar-refractivity contribution in [1.82, 2.24) is 5.32 Å². The van der Waals surface area contributed by atoms with Crippen LogP contribution in [0.5, 0.6) is 0 Å². The molecule has 1 aliphatic heterocycles. The van der Waals surface area contributed by atoms with Gasteiger partial charge in [0.2, 0.25) is 5.91 Å². The summed E-state index contributed by atoms with van der Waals surface area (Å²) in [5, 5.41) is 6.07. The van der Waals surface area contributed by atoms with Gasteiger partial charge in [-0.15, -0.1) is 0 Å². The second-order valence-corrected chi connectivity index (χ2v) is 5.45. The molecule has 0 bridgehead atoms. The molecule has 0 saturated carbocycles. The van der Waals surface area contributed by atoms with Crippen molar-refractivity contribution in [2.45, 2.75) is 6.42 Å². The van der Waals surface area contributed by atoms with Gasteiger partial charge in [0.05, 0.1) is 5.92 Å². The highest BCUT2D eigenvalue weighted by atomic mass is 16.2. The monoisotopic (exact) mass is 294 g/mol. The van der Waals surface area contributed by atoms with E-state index in [9.17, 15) is 9.59 Å². The van der Waals surface area contributed by atoms with Crippen LogP contribution in [0.1, 0.15) is 22.3 Å². The predicted octanol–water partition coefficient (Wildman–Crippen LogP) is 2.47. The molecule has 1 atom stereocenters. The van der Waals surface area contributed by atoms with E-state index in [2.05, 4.69) is 10.6 Å². The Kier molecular flexibility index (Phi) is 4.30. The molecule has 2 aromatic carbocycles. The summed E-state index contributed by atoms with van der Waals surface area (Å²) in [4.78, 5) is 24.5. The Morgan fingerprint density at radius 2 is 1.77 bits per heavy atom. The van der Waals surface area contributed by atoms with Crippen molar-refractivity contribution in [2.24, 2.45) is 5.92 Å². The fourth-order valence-corrected chi connectivity index (χ4v) is 2.62. The minimum atomic E-state index is -0.0424. The zero-order chi connectivity index (χ0) is 15.4. The van der Waals surface area contributed by atoms with Crippen molar-refractivity contribution in [3.63, 3.8) is 0 Å². The largest absolute Gasteiger partial charge is 0.326 e. The number of nitrogens with one attached hydrogen (secondary N) is 2. The van der Waals surface area contributed by atoms with Gasteiger partial charge in [0.1, 0.15) is 0 Å². The minimum Gasteiger partial charge on any atom is -0.326 e. The van der Waals surface area contributed by atoms with E-state index in [-0.39, 0.29) is 17.6 Å². The van der Waals surface area contributed by atoms with Crippen molar-refractivity contribution in [3.8, 4) is 0 Å². The molecule has 1 amide bonds. The van der Waals surface area contributed by atoms with Gasteiger partial charge in [-0.3, -0.25) is 9.59 Å². The summed E-state index contributed by atoms with van der Waals surface area (Å²) in [6, 6.07) is 16.2. The fourth-order valence-electron chi connectivity index (χ4n) is 2.62. The highest BCUT2D eigenvalue weighted by Gasteiger charge is 2.22. The maximum Gasteiger partial charge on any atom is 0.228 e. The summed E-state index contributed by atoms with van der Waals surface area (Å²) in [7, 11) is 0. The van der Waals surface area contributed by atoms with Crippen LogP contribution in [0.25, 0.3) is 0 Å². The molecule has 2 aromatic rings. The number of hydrogen-bond donors (Lipinski definition) is 2. The van der Waals surface area contributed by atoms with Gasteiger partial charge in [-0.1, -0.05) is 42.5 Å². The number of amides is 1. The smallest absolute Gasteiger partial charge is 0.228 e. The Labute approximate surface area is 129 Å². The standard InChI is InChI=1S/C18H18N2O2/c21-17(13-5-2-1-3-6-13)14-7-4-8-16(11-14)20-18(22)15-9-10-19-12-15/h1-8,11,15,19H,9-10,12H2,(H,20,22)/t15-/m1/s1. The van der Waals surface area contributed by atoms with E-state index >= 15 is 0 Å². The van der Waals surface area contributed by atoms with Gasteiger partial charge in [-0.05, 0) is 25.1 Å². The van der Waals surface area contributed by atoms with Crippen LogP contribution in [0.2, 0.25) is 0 Å². The summed E-state index contributed by atoms with van der Waals surface area (Å²) >= 11 is 0. The summed E-state index contributed by atoms with van der Waals surface area (Å²) in [6.45, 7) is 1.60. The normalized spacial score (nSPS) is 17.2. The van der Waals surface area contributed by atoms with Gasteiger partial charge in [-0.25, -0.2) is 0 Å². The number of hydrogen-bond acceptors (Lipinski definition) is 3.